The maximum atomic E-state index is 12.4. The Kier molecular flexibility index (Phi) is 41.4. The Bertz CT molecular complexity index is 5240. The van der Waals surface area contributed by atoms with Gasteiger partial charge in [0.15, 0.2) is 11.6 Å². The van der Waals surface area contributed by atoms with E-state index in [-0.39, 0.29) is 100 Å². The number of aliphatic hydroxyl groups is 2. The number of rotatable bonds is 18. The Hall–Kier alpha value is -11.0. The topological polar surface area (TPSA) is 367 Å². The quantitative estimate of drug-likeness (QED) is 0.00446. The molecule has 15 rings (SSSR count). The van der Waals surface area contributed by atoms with Crippen LogP contribution in [0.5, 0.6) is 0 Å². The molecule has 7 aliphatic rings. The summed E-state index contributed by atoms with van der Waals surface area (Å²) >= 11 is 0. The number of hydrogen-bond acceptors (Lipinski definition) is 16. The van der Waals surface area contributed by atoms with Crippen LogP contribution in [0.1, 0.15) is 264 Å². The van der Waals surface area contributed by atoms with E-state index >= 15 is 0 Å². The van der Waals surface area contributed by atoms with Crippen LogP contribution >= 0.6 is 0 Å². The average Bonchev–Trinajstić information content (AvgIpc) is 1.65. The average molecular weight is 1830 g/mol. The van der Waals surface area contributed by atoms with Gasteiger partial charge in [-0.2, -0.15) is 0 Å². The van der Waals surface area contributed by atoms with Gasteiger partial charge in [0, 0.05) is 95.6 Å². The molecular formula is C104H137N16O7Pd-. The molecule has 0 spiro atoms. The van der Waals surface area contributed by atoms with Crippen molar-refractivity contribution in [3.63, 3.8) is 0 Å². The number of nitrogens with two attached hydrogens (primary N) is 2. The number of azide groups is 3. The molecule has 1 saturated heterocycles. The van der Waals surface area contributed by atoms with Crippen molar-refractivity contribution in [2.45, 2.75) is 260 Å². The molecule has 23 nitrogen and oxygen atoms in total. The van der Waals surface area contributed by atoms with E-state index in [1.807, 2.05) is 127 Å². The van der Waals surface area contributed by atoms with E-state index in [1.165, 1.54) is 89.2 Å². The van der Waals surface area contributed by atoms with Gasteiger partial charge in [0.2, 0.25) is 5.69 Å². The molecule has 0 radical (unpaired) electrons. The van der Waals surface area contributed by atoms with Gasteiger partial charge in [-0.3, -0.25) is 5.41 Å². The molecule has 1 fully saturated rings. The fraction of sp³-hybridized carbons (Fsp3) is 0.442. The molecule has 2 unspecified atom stereocenters. The van der Waals surface area contributed by atoms with Gasteiger partial charge in [0.25, 0.3) is 0 Å². The Balaban J connectivity index is 0.000000266. The number of carbonyl (C=O) groups excluding carboxylic acids is 2. The fourth-order valence-corrected chi connectivity index (χ4v) is 19.2. The van der Waals surface area contributed by atoms with Crippen LogP contribution in [0, 0.1) is 24.7 Å². The summed E-state index contributed by atoms with van der Waals surface area (Å²) in [5.41, 5.74) is 55.4. The maximum Gasteiger partial charge on any atom is 0.361 e. The molecule has 24 heteroatoms. The summed E-state index contributed by atoms with van der Waals surface area (Å²) in [5.74, 6) is 5.32. The number of esters is 2. The molecule has 1 aromatic heterocycles. The van der Waals surface area contributed by atoms with E-state index in [9.17, 15) is 19.8 Å². The standard InChI is InChI=1S/C19H21N3O4.C15H20N4O.C13H17N3O2.C13H15N3.C13H17N.C13H19N.C13H17N.C4H6.CH3.Pd.H2/c1-5-14-13-9-7-6-8-12(13)10-11-19(14,2)22-16(18(24)26-4)15(20-21-22)17(23)25-3;1-12(8-9-14-6-4-3-5-7-14)10-15(18-19-17)11-20-13(2)16;1-13(15-16-14)7-6-9-4-2-3-5-10(9)12(13)11(18)8-17;1-3-12-11-7-5-4-6-10(11)8-9-13(12,2)15-16-14;1-13-8-6-10-4-2-3-5-11(10)12(13)7-9-14-13;2*1-3-12-11-7-5-4-6-10(11)8-9-13(12,2)14;1-3-4-2;;;/h5-9,14H,1,10-11H2,2-4H3;3-7,10,15-16H,8-9,11H2,1-2H3;2-5,11-12,17-18H,6-8H2,1H3;3-7,12H,1,8-9H2,2H3;2-5,12,14H,6-9H2,1H3;4-7,12H,3,8-9,14H2,1-2H3;3-7,12H,1,8-9,14H2,2H3;1-2H3;1H3;;1H/q;;;;;;;;-1;;/t14-,19+;;11?,12-,13-;4*12-,13+;;;;/m0.10000..../s1. The number of carbonyl (C=O) groups is 2. The zero-order valence-electron chi connectivity index (χ0n) is 77.5. The van der Waals surface area contributed by atoms with Gasteiger partial charge >= 0.3 is 11.9 Å². The van der Waals surface area contributed by atoms with Gasteiger partial charge < -0.3 is 48.6 Å². The summed E-state index contributed by atoms with van der Waals surface area (Å²) in [6, 6.07) is 60.4. The fourth-order valence-electron chi connectivity index (χ4n) is 19.2. The molecule has 0 bridgehead atoms. The first kappa shape index (κ1) is 106. The number of fused-ring (bicyclic) bond motifs is 8. The molecule has 686 valence electrons. The van der Waals surface area contributed by atoms with Crippen molar-refractivity contribution < 1.29 is 55.9 Å². The van der Waals surface area contributed by atoms with E-state index in [0.717, 1.165) is 98.8 Å². The van der Waals surface area contributed by atoms with Crippen LogP contribution < -0.4 is 16.8 Å². The monoisotopic (exact) mass is 1830 g/mol. The molecule has 14 atom stereocenters. The van der Waals surface area contributed by atoms with Crippen molar-refractivity contribution in [2.75, 3.05) is 34.0 Å². The molecule has 8 N–H and O–H groups in total. The smallest absolute Gasteiger partial charge is 0.361 e. The molecule has 128 heavy (non-hydrogen) atoms. The van der Waals surface area contributed by atoms with Crippen LogP contribution in [0.2, 0.25) is 0 Å². The van der Waals surface area contributed by atoms with Gasteiger partial charge in [-0.15, -0.1) is 36.7 Å². The number of nitrogens with one attached hydrogen (secondary N) is 2. The number of aliphatic hydroxyl groups excluding tert-OH is 2. The van der Waals surface area contributed by atoms with Crippen molar-refractivity contribution in [1.82, 2.24) is 20.3 Å². The van der Waals surface area contributed by atoms with Crippen molar-refractivity contribution in [1.29, 1.82) is 5.41 Å². The minimum Gasteiger partial charge on any atom is -0.481 e. The van der Waals surface area contributed by atoms with Crippen LogP contribution in [-0.2, 0) is 85.1 Å². The predicted octanol–water partition coefficient (Wildman–Crippen LogP) is 22.5. The van der Waals surface area contributed by atoms with Crippen LogP contribution in [-0.4, -0.2) is 117 Å². The van der Waals surface area contributed by atoms with Gasteiger partial charge in [0.1, 0.15) is 6.61 Å². The largest absolute Gasteiger partial charge is 0.481 e. The zero-order chi connectivity index (χ0) is 91.8. The van der Waals surface area contributed by atoms with Gasteiger partial charge in [-0.1, -0.05) is 247 Å². The number of nitrogens with zero attached hydrogens (tertiary/aromatic N) is 12. The Morgan fingerprint density at radius 1 is 0.617 bits per heavy atom. The SMILES string of the molecule is C=C[C@H]1c2ccccc2CC[C@@]1(C)N.C=C[C@H]1c2ccccc2CC[C@@]1(C)N=[N+]=[N-].C=C[C@H]1c2ccccc2CC[C@@]1(C)n1nnc(C(=O)OC)c1C(=O)OC.CC#CC.CC(=N)OCC(C=C(C)CCc1ccccc1)N=[N+]=[N-].CC[C@H]1c2ccccc2CC[C@@]1(C)N.C[C@@]1(N=[N+]=[N-])CCc2ccccc2[C@@H]1C(O)CO.C[C@@]12CCc3ccccc3[C@@H]1CCN2.[CH3-].[HH].[Pd]. The molecule has 0 amide bonds. The molecule has 0 saturated carbocycles. The second-order valence-electron chi connectivity index (χ2n) is 35.0. The zero-order valence-corrected chi connectivity index (χ0v) is 79.1. The van der Waals surface area contributed by atoms with Crippen molar-refractivity contribution in [3.8, 4) is 11.8 Å². The third kappa shape index (κ3) is 26.6. The molecule has 7 aromatic carbocycles. The normalized spacial score (nSPS) is 24.5. The molecule has 1 aliphatic heterocycles. The van der Waals surface area contributed by atoms with Crippen LogP contribution in [0.25, 0.3) is 31.3 Å². The number of benzene rings is 7. The number of aromatic nitrogens is 3. The molecule has 6 aliphatic carbocycles. The molecule has 2 heterocycles. The summed E-state index contributed by atoms with van der Waals surface area (Å²) in [6.45, 7) is 34.8. The third-order valence-electron chi connectivity index (χ3n) is 26.3. The molecular weight excluding hydrogens is 1690 g/mol. The second-order valence-corrected chi connectivity index (χ2v) is 35.0. The van der Waals surface area contributed by atoms with Crippen LogP contribution in [0.3, 0.4) is 0 Å². The number of allylic oxidation sites excluding steroid dienone is 2. The first-order chi connectivity index (χ1) is 60.4. The summed E-state index contributed by atoms with van der Waals surface area (Å²) in [5, 5.41) is 49.7. The summed E-state index contributed by atoms with van der Waals surface area (Å²) in [4.78, 5) is 33.1. The Labute approximate surface area is 775 Å². The minimum atomic E-state index is -0.915. The predicted molar refractivity (Wildman–Crippen MR) is 515 cm³/mol. The van der Waals surface area contributed by atoms with Crippen molar-refractivity contribution >= 4 is 17.8 Å². The third-order valence-corrected chi connectivity index (χ3v) is 26.3. The van der Waals surface area contributed by atoms with E-state index < -0.39 is 29.1 Å². The van der Waals surface area contributed by atoms with Crippen LogP contribution in [0.4, 0.5) is 0 Å². The Morgan fingerprint density at radius 3 is 1.55 bits per heavy atom. The number of hydrogen-bond donors (Lipinski definition) is 6. The second kappa shape index (κ2) is 50.1. The van der Waals surface area contributed by atoms with Crippen molar-refractivity contribution in [2.24, 2.45) is 26.8 Å². The summed E-state index contributed by atoms with van der Waals surface area (Å²) in [6.07, 6.45) is 22.8. The van der Waals surface area contributed by atoms with E-state index in [0.29, 0.717) is 30.2 Å². The maximum absolute atomic E-state index is 12.4. The summed E-state index contributed by atoms with van der Waals surface area (Å²) < 4.78 is 16.2. The molecule has 8 aromatic rings. The van der Waals surface area contributed by atoms with E-state index in [4.69, 9.17) is 47.7 Å². The number of aryl methyl sites for hydroxylation is 7. The van der Waals surface area contributed by atoms with Gasteiger partial charge in [-0.25, -0.2) is 14.3 Å². The number of ether oxygens (including phenoxy) is 3. The van der Waals surface area contributed by atoms with E-state index in [2.05, 4.69) is 220 Å². The summed E-state index contributed by atoms with van der Waals surface area (Å²) in [7, 11) is 2.48. The van der Waals surface area contributed by atoms with Gasteiger partial charge in [0.05, 0.1) is 49.6 Å². The minimum absolute atomic E-state index is 0. The Morgan fingerprint density at radius 2 is 1.05 bits per heavy atom. The number of methoxy groups -OCH3 is 2. The van der Waals surface area contributed by atoms with Crippen LogP contribution in [0.15, 0.2) is 241 Å². The first-order valence-corrected chi connectivity index (χ1v) is 43.9. The van der Waals surface area contributed by atoms with E-state index in [1.54, 1.807) is 18.1 Å². The first-order valence-electron chi connectivity index (χ1n) is 43.9. The van der Waals surface area contributed by atoms with Crippen molar-refractivity contribution in [3.05, 3.63) is 348 Å². The van der Waals surface area contributed by atoms with Gasteiger partial charge in [-0.05, 0) is 247 Å².